The second-order valence-corrected chi connectivity index (χ2v) is 5.12. The van der Waals surface area contributed by atoms with E-state index in [0.717, 1.165) is 24.3 Å². The standard InChI is InChI=1S/C15H25NO2/c1-5-16-15(4,11-17)8-9-18-14-10-12(2)6-7-13(14)3/h6-7,10,16-17H,5,8-9,11H2,1-4H3. The van der Waals surface area contributed by atoms with E-state index in [4.69, 9.17) is 4.74 Å². The average Bonchev–Trinajstić information content (AvgIpc) is 2.34. The second kappa shape index (κ2) is 6.76. The molecule has 0 spiro atoms. The van der Waals surface area contributed by atoms with Crippen molar-refractivity contribution in [2.24, 2.45) is 0 Å². The number of aryl methyl sites for hydroxylation is 2. The van der Waals surface area contributed by atoms with E-state index in [-0.39, 0.29) is 12.1 Å². The van der Waals surface area contributed by atoms with E-state index in [2.05, 4.69) is 30.4 Å². The third-order valence-corrected chi connectivity index (χ3v) is 3.21. The number of hydrogen-bond acceptors (Lipinski definition) is 3. The zero-order valence-corrected chi connectivity index (χ0v) is 11.9. The smallest absolute Gasteiger partial charge is 0.122 e. The van der Waals surface area contributed by atoms with Crippen LogP contribution in [-0.4, -0.2) is 30.4 Å². The first-order valence-corrected chi connectivity index (χ1v) is 6.56. The molecule has 0 heterocycles. The van der Waals surface area contributed by atoms with Gasteiger partial charge in [0.05, 0.1) is 13.2 Å². The molecule has 1 aromatic carbocycles. The minimum Gasteiger partial charge on any atom is -0.493 e. The fraction of sp³-hybridized carbons (Fsp3) is 0.600. The molecule has 1 unspecified atom stereocenters. The average molecular weight is 251 g/mol. The molecule has 1 rings (SSSR count). The minimum atomic E-state index is -0.257. The minimum absolute atomic E-state index is 0.122. The molecule has 0 fully saturated rings. The van der Waals surface area contributed by atoms with E-state index in [1.165, 1.54) is 5.56 Å². The van der Waals surface area contributed by atoms with Gasteiger partial charge in [-0.05, 0) is 44.5 Å². The monoisotopic (exact) mass is 251 g/mol. The molecule has 0 aromatic heterocycles. The van der Waals surface area contributed by atoms with Crippen LogP contribution in [0.1, 0.15) is 31.4 Å². The van der Waals surface area contributed by atoms with Crippen LogP contribution in [0.15, 0.2) is 18.2 Å². The molecule has 0 radical (unpaired) electrons. The van der Waals surface area contributed by atoms with E-state index in [9.17, 15) is 5.11 Å². The van der Waals surface area contributed by atoms with E-state index in [1.807, 2.05) is 20.8 Å². The number of aliphatic hydroxyl groups excluding tert-OH is 1. The highest BCUT2D eigenvalue weighted by Crippen LogP contribution is 2.20. The Balaban J connectivity index is 2.52. The molecule has 0 aliphatic carbocycles. The lowest BCUT2D eigenvalue weighted by atomic mass is 10.00. The van der Waals surface area contributed by atoms with Crippen LogP contribution in [0.25, 0.3) is 0 Å². The molecule has 18 heavy (non-hydrogen) atoms. The second-order valence-electron chi connectivity index (χ2n) is 5.12. The van der Waals surface area contributed by atoms with Crippen LogP contribution in [0.2, 0.25) is 0 Å². The molecule has 0 saturated heterocycles. The zero-order chi connectivity index (χ0) is 13.6. The van der Waals surface area contributed by atoms with Crippen LogP contribution in [0.3, 0.4) is 0 Å². The van der Waals surface area contributed by atoms with Gasteiger partial charge in [-0.3, -0.25) is 0 Å². The molecule has 0 saturated carbocycles. The number of hydrogen-bond donors (Lipinski definition) is 2. The quantitative estimate of drug-likeness (QED) is 0.782. The molecular weight excluding hydrogens is 226 g/mol. The third-order valence-electron chi connectivity index (χ3n) is 3.21. The van der Waals surface area contributed by atoms with Gasteiger partial charge in [0, 0.05) is 12.0 Å². The van der Waals surface area contributed by atoms with Crippen molar-refractivity contribution >= 4 is 0 Å². The molecule has 0 amide bonds. The van der Waals surface area contributed by atoms with Crippen LogP contribution in [-0.2, 0) is 0 Å². The molecule has 0 aliphatic heterocycles. The van der Waals surface area contributed by atoms with Gasteiger partial charge < -0.3 is 15.2 Å². The van der Waals surface area contributed by atoms with Crippen molar-refractivity contribution < 1.29 is 9.84 Å². The summed E-state index contributed by atoms with van der Waals surface area (Å²) in [6.45, 7) is 9.74. The summed E-state index contributed by atoms with van der Waals surface area (Å²) in [5.41, 5.74) is 2.09. The number of likely N-dealkylation sites (N-methyl/N-ethyl adjacent to an activating group) is 1. The first-order valence-electron chi connectivity index (χ1n) is 6.56. The number of rotatable bonds is 7. The lowest BCUT2D eigenvalue weighted by molar-refractivity contribution is 0.145. The topological polar surface area (TPSA) is 41.5 Å². The Kier molecular flexibility index (Phi) is 5.63. The molecule has 1 atom stereocenters. The lowest BCUT2D eigenvalue weighted by Crippen LogP contribution is -2.46. The predicted molar refractivity (Wildman–Crippen MR) is 75.2 cm³/mol. The van der Waals surface area contributed by atoms with Crippen molar-refractivity contribution in [2.75, 3.05) is 19.8 Å². The SMILES string of the molecule is CCNC(C)(CO)CCOc1cc(C)ccc1C. The summed E-state index contributed by atoms with van der Waals surface area (Å²) in [7, 11) is 0. The van der Waals surface area contributed by atoms with Gasteiger partial charge in [0.15, 0.2) is 0 Å². The zero-order valence-electron chi connectivity index (χ0n) is 11.9. The highest BCUT2D eigenvalue weighted by atomic mass is 16.5. The fourth-order valence-electron chi connectivity index (χ4n) is 1.90. The van der Waals surface area contributed by atoms with E-state index in [0.29, 0.717) is 6.61 Å². The largest absolute Gasteiger partial charge is 0.493 e. The van der Waals surface area contributed by atoms with E-state index < -0.39 is 0 Å². The third kappa shape index (κ3) is 4.31. The van der Waals surface area contributed by atoms with Crippen molar-refractivity contribution in [1.82, 2.24) is 5.32 Å². The van der Waals surface area contributed by atoms with Gasteiger partial charge in [-0.2, -0.15) is 0 Å². The Hall–Kier alpha value is -1.06. The molecule has 1 aromatic rings. The number of ether oxygens (including phenoxy) is 1. The summed E-state index contributed by atoms with van der Waals surface area (Å²) in [5, 5.41) is 12.7. The van der Waals surface area contributed by atoms with Crippen LogP contribution in [0.4, 0.5) is 0 Å². The maximum atomic E-state index is 9.39. The van der Waals surface area contributed by atoms with Gasteiger partial charge in [-0.1, -0.05) is 19.1 Å². The Morgan fingerprint density at radius 3 is 2.67 bits per heavy atom. The highest BCUT2D eigenvalue weighted by molar-refractivity contribution is 5.35. The molecule has 3 heteroatoms. The van der Waals surface area contributed by atoms with E-state index >= 15 is 0 Å². The maximum Gasteiger partial charge on any atom is 0.122 e. The molecule has 3 nitrogen and oxygen atoms in total. The Morgan fingerprint density at radius 1 is 1.33 bits per heavy atom. The number of aliphatic hydroxyl groups is 1. The molecule has 0 aliphatic rings. The first kappa shape index (κ1) is 15.0. The summed E-state index contributed by atoms with van der Waals surface area (Å²) in [6.07, 6.45) is 0.782. The van der Waals surface area contributed by atoms with Crippen molar-refractivity contribution in [3.63, 3.8) is 0 Å². The summed E-state index contributed by atoms with van der Waals surface area (Å²) in [6, 6.07) is 6.21. The Bertz CT molecular complexity index is 379. The lowest BCUT2D eigenvalue weighted by Gasteiger charge is -2.28. The van der Waals surface area contributed by atoms with Crippen LogP contribution < -0.4 is 10.1 Å². The molecule has 102 valence electrons. The summed E-state index contributed by atoms with van der Waals surface area (Å²) < 4.78 is 5.81. The molecular formula is C15H25NO2. The number of nitrogens with one attached hydrogen (secondary N) is 1. The van der Waals surface area contributed by atoms with Gasteiger partial charge in [0.1, 0.15) is 5.75 Å². The number of benzene rings is 1. The normalized spacial score (nSPS) is 14.3. The fourth-order valence-corrected chi connectivity index (χ4v) is 1.90. The van der Waals surface area contributed by atoms with Crippen LogP contribution in [0.5, 0.6) is 5.75 Å². The van der Waals surface area contributed by atoms with Gasteiger partial charge in [0.25, 0.3) is 0 Å². The first-order chi connectivity index (χ1) is 8.50. The Labute approximate surface area is 110 Å². The maximum absolute atomic E-state index is 9.39. The van der Waals surface area contributed by atoms with Gasteiger partial charge >= 0.3 is 0 Å². The van der Waals surface area contributed by atoms with Crippen LogP contribution in [0, 0.1) is 13.8 Å². The summed E-state index contributed by atoms with van der Waals surface area (Å²) >= 11 is 0. The summed E-state index contributed by atoms with van der Waals surface area (Å²) in [5.74, 6) is 0.937. The van der Waals surface area contributed by atoms with Gasteiger partial charge in [-0.25, -0.2) is 0 Å². The summed E-state index contributed by atoms with van der Waals surface area (Å²) in [4.78, 5) is 0. The Morgan fingerprint density at radius 2 is 2.06 bits per heavy atom. The molecule has 0 bridgehead atoms. The highest BCUT2D eigenvalue weighted by Gasteiger charge is 2.21. The van der Waals surface area contributed by atoms with E-state index in [1.54, 1.807) is 0 Å². The van der Waals surface area contributed by atoms with Crippen molar-refractivity contribution in [3.8, 4) is 5.75 Å². The van der Waals surface area contributed by atoms with Crippen molar-refractivity contribution in [1.29, 1.82) is 0 Å². The van der Waals surface area contributed by atoms with Crippen LogP contribution >= 0.6 is 0 Å². The van der Waals surface area contributed by atoms with Gasteiger partial charge in [0.2, 0.25) is 0 Å². The molecule has 2 N–H and O–H groups in total. The van der Waals surface area contributed by atoms with Crippen molar-refractivity contribution in [2.45, 2.75) is 39.7 Å². The predicted octanol–water partition coefficient (Wildman–Crippen LogP) is 2.43. The van der Waals surface area contributed by atoms with Gasteiger partial charge in [-0.15, -0.1) is 0 Å². The van der Waals surface area contributed by atoms with Crippen molar-refractivity contribution in [3.05, 3.63) is 29.3 Å².